The Bertz CT molecular complexity index is 1180. The van der Waals surface area contributed by atoms with E-state index in [1.807, 2.05) is 51.0 Å². The number of aromatic nitrogens is 2. The monoisotopic (exact) mass is 518 g/mol. The number of nitrogens with zero attached hydrogens (tertiary/aromatic N) is 2. The van der Waals surface area contributed by atoms with Gasteiger partial charge in [-0.3, -0.25) is 9.78 Å². The molecule has 0 saturated carbocycles. The highest BCUT2D eigenvalue weighted by Gasteiger charge is 2.22. The first-order valence-electron chi connectivity index (χ1n) is 9.62. The summed E-state index contributed by atoms with van der Waals surface area (Å²) in [7, 11) is 0.133. The Morgan fingerprint density at radius 3 is 2.53 bits per heavy atom. The number of halogens is 2. The molecule has 1 atom stereocenters. The Balaban J connectivity index is 0.00000256. The van der Waals surface area contributed by atoms with Gasteiger partial charge in [-0.25, -0.2) is 13.1 Å². The lowest BCUT2D eigenvalue weighted by Crippen LogP contribution is -2.34. The van der Waals surface area contributed by atoms with Gasteiger partial charge >= 0.3 is 0 Å². The van der Waals surface area contributed by atoms with E-state index in [0.29, 0.717) is 12.0 Å². The van der Waals surface area contributed by atoms with E-state index in [1.165, 1.54) is 11.3 Å². The zero-order valence-electron chi connectivity index (χ0n) is 18.3. The quantitative estimate of drug-likeness (QED) is 0.472. The topological polar surface area (TPSA) is 95.2 Å². The molecule has 0 amide bonds. The van der Waals surface area contributed by atoms with Crippen LogP contribution in [0.4, 0.5) is 0 Å². The molecule has 176 valence electrons. The predicted molar refractivity (Wildman–Crippen MR) is 135 cm³/mol. The molecule has 0 aromatic carbocycles. The average molecular weight is 520 g/mol. The molecule has 0 aliphatic rings. The van der Waals surface area contributed by atoms with Gasteiger partial charge in [-0.2, -0.15) is 0 Å². The number of hydrogen-bond donors (Lipinski definition) is 2. The second-order valence-corrected chi connectivity index (χ2v) is 10.3. The van der Waals surface area contributed by atoms with Crippen LogP contribution in [0, 0.1) is 6.92 Å². The van der Waals surface area contributed by atoms with E-state index in [1.54, 1.807) is 24.5 Å². The molecule has 3 rings (SSSR count). The number of thiophene rings is 1. The second kappa shape index (κ2) is 11.9. The van der Waals surface area contributed by atoms with Crippen LogP contribution in [-0.4, -0.2) is 43.9 Å². The minimum Gasteiger partial charge on any atom is -0.326 e. The second-order valence-electron chi connectivity index (χ2n) is 7.25. The van der Waals surface area contributed by atoms with E-state index in [-0.39, 0.29) is 47.2 Å². The molecule has 7 nitrogen and oxygen atoms in total. The van der Waals surface area contributed by atoms with Crippen LogP contribution in [0.5, 0.6) is 0 Å². The molecule has 2 N–H and O–H groups in total. The van der Waals surface area contributed by atoms with Crippen LogP contribution < -0.4 is 10.3 Å². The molecule has 0 fully saturated rings. The largest absolute Gasteiger partial charge is 0.326 e. The molecule has 0 bridgehead atoms. The molecular formula is C21H28Cl2N4O3S2. The molecule has 32 heavy (non-hydrogen) atoms. The molecule has 0 saturated heterocycles. The maximum Gasteiger partial charge on any atom is 0.251 e. The number of aryl methyl sites for hydroxylation is 2. The van der Waals surface area contributed by atoms with E-state index in [0.717, 1.165) is 21.7 Å². The summed E-state index contributed by atoms with van der Waals surface area (Å²) in [6.45, 7) is 3.96. The van der Waals surface area contributed by atoms with Crippen LogP contribution >= 0.6 is 36.2 Å². The number of pyridine rings is 2. The maximum absolute atomic E-state index is 12.9. The normalized spacial score (nSPS) is 12.2. The van der Waals surface area contributed by atoms with Crippen LogP contribution in [0.25, 0.3) is 10.4 Å². The van der Waals surface area contributed by atoms with E-state index in [4.69, 9.17) is 0 Å². The summed E-state index contributed by atoms with van der Waals surface area (Å²) in [5, 5.41) is 0. The van der Waals surface area contributed by atoms with Crippen molar-refractivity contribution in [3.8, 4) is 10.4 Å². The first-order chi connectivity index (χ1) is 14.2. The Hall–Kier alpha value is -1.75. The summed E-state index contributed by atoms with van der Waals surface area (Å²) < 4.78 is 28.8. The number of rotatable bonds is 8. The summed E-state index contributed by atoms with van der Waals surface area (Å²) in [6, 6.07) is 8.86. The molecule has 1 unspecified atom stereocenters. The van der Waals surface area contributed by atoms with Crippen molar-refractivity contribution in [2.45, 2.75) is 30.5 Å². The number of aromatic amines is 1. The van der Waals surface area contributed by atoms with Crippen molar-refractivity contribution in [3.05, 3.63) is 69.9 Å². The van der Waals surface area contributed by atoms with Gasteiger partial charge in [0.2, 0.25) is 10.0 Å². The third-order valence-corrected chi connectivity index (χ3v) is 8.00. The first-order valence-corrected chi connectivity index (χ1v) is 11.9. The molecule has 3 aromatic heterocycles. The van der Waals surface area contributed by atoms with E-state index < -0.39 is 10.0 Å². The van der Waals surface area contributed by atoms with E-state index in [9.17, 15) is 13.2 Å². The van der Waals surface area contributed by atoms with Gasteiger partial charge < -0.3 is 9.88 Å². The van der Waals surface area contributed by atoms with Gasteiger partial charge in [-0.05, 0) is 57.3 Å². The van der Waals surface area contributed by atoms with Crippen molar-refractivity contribution in [1.82, 2.24) is 19.6 Å². The third kappa shape index (κ3) is 6.40. The molecule has 11 heteroatoms. The van der Waals surface area contributed by atoms with Gasteiger partial charge in [-0.15, -0.1) is 36.2 Å². The Morgan fingerprint density at radius 2 is 1.94 bits per heavy atom. The van der Waals surface area contributed by atoms with Crippen molar-refractivity contribution in [2.24, 2.45) is 0 Å². The number of hydrogen-bond acceptors (Lipinski definition) is 6. The molecule has 3 aromatic rings. The molecule has 0 spiro atoms. The average Bonchev–Trinajstić information content (AvgIpc) is 3.20. The number of sulfonamides is 1. The summed E-state index contributed by atoms with van der Waals surface area (Å²) in [6.07, 6.45) is 4.05. The highest BCUT2D eigenvalue weighted by molar-refractivity contribution is 7.91. The molecule has 0 radical (unpaired) electrons. The van der Waals surface area contributed by atoms with Gasteiger partial charge in [0.25, 0.3) is 5.56 Å². The van der Waals surface area contributed by atoms with Crippen LogP contribution in [0.1, 0.15) is 29.8 Å². The Labute approximate surface area is 205 Å². The minimum atomic E-state index is -3.67. The number of H-pyrrole nitrogens is 1. The fourth-order valence-corrected chi connectivity index (χ4v) is 5.69. The summed E-state index contributed by atoms with van der Waals surface area (Å²) in [5.41, 5.74) is 3.08. The van der Waals surface area contributed by atoms with Crippen molar-refractivity contribution < 1.29 is 8.42 Å². The summed E-state index contributed by atoms with van der Waals surface area (Å²) >= 11 is 1.19. The van der Waals surface area contributed by atoms with Crippen molar-refractivity contribution in [3.63, 3.8) is 0 Å². The van der Waals surface area contributed by atoms with E-state index >= 15 is 0 Å². The fourth-order valence-electron chi connectivity index (χ4n) is 3.23. The lowest BCUT2D eigenvalue weighted by molar-refractivity contribution is 0.299. The highest BCUT2D eigenvalue weighted by atomic mass is 35.5. The Morgan fingerprint density at radius 1 is 1.22 bits per heavy atom. The molecule has 3 heterocycles. The fraction of sp³-hybridized carbons (Fsp3) is 0.333. The van der Waals surface area contributed by atoms with Gasteiger partial charge in [0.05, 0.1) is 0 Å². The smallest absolute Gasteiger partial charge is 0.251 e. The van der Waals surface area contributed by atoms with Crippen molar-refractivity contribution >= 4 is 46.2 Å². The standard InChI is InChI=1S/C21H26N4O3S2.2ClH/c1-5-15-11-17(14(2)24-21(15)26)19-8-9-20(29-19)30(27,28)23-13-18(25(3)4)16-7-6-10-22-12-16;;/h6-12,18,23H,5,13H2,1-4H3,(H,24,26);2*1H. The molecule has 0 aliphatic carbocycles. The highest BCUT2D eigenvalue weighted by Crippen LogP contribution is 2.32. The van der Waals surface area contributed by atoms with Crippen LogP contribution in [-0.2, 0) is 16.4 Å². The maximum atomic E-state index is 12.9. The van der Waals surface area contributed by atoms with Crippen LogP contribution in [0.2, 0.25) is 0 Å². The van der Waals surface area contributed by atoms with Crippen LogP contribution in [0.3, 0.4) is 0 Å². The number of likely N-dealkylation sites (N-methyl/N-ethyl adjacent to an activating group) is 1. The SMILES string of the molecule is CCc1cc(-c2ccc(S(=O)(=O)NCC(c3cccnc3)N(C)C)s2)c(C)[nH]c1=O.Cl.Cl. The minimum absolute atomic E-state index is 0. The van der Waals surface area contributed by atoms with Crippen LogP contribution in [0.15, 0.2) is 51.7 Å². The van der Waals surface area contributed by atoms with Crippen molar-refractivity contribution in [1.29, 1.82) is 0 Å². The van der Waals surface area contributed by atoms with Gasteiger partial charge in [-0.1, -0.05) is 13.0 Å². The van der Waals surface area contributed by atoms with Crippen molar-refractivity contribution in [2.75, 3.05) is 20.6 Å². The zero-order chi connectivity index (χ0) is 21.9. The molecule has 0 aliphatic heterocycles. The predicted octanol–water partition coefficient (Wildman–Crippen LogP) is 3.79. The Kier molecular flexibility index (Phi) is 10.5. The zero-order valence-corrected chi connectivity index (χ0v) is 21.6. The number of nitrogens with one attached hydrogen (secondary N) is 2. The van der Waals surface area contributed by atoms with Gasteiger partial charge in [0, 0.05) is 46.7 Å². The van der Waals surface area contributed by atoms with Gasteiger partial charge in [0.15, 0.2) is 0 Å². The lowest BCUT2D eigenvalue weighted by atomic mass is 10.1. The first kappa shape index (κ1) is 28.3. The van der Waals surface area contributed by atoms with Gasteiger partial charge in [0.1, 0.15) is 4.21 Å². The summed E-state index contributed by atoms with van der Waals surface area (Å²) in [5.74, 6) is 0. The third-order valence-electron chi connectivity index (χ3n) is 4.97. The lowest BCUT2D eigenvalue weighted by Gasteiger charge is -2.24. The molecular weight excluding hydrogens is 491 g/mol. The van der Waals surface area contributed by atoms with E-state index in [2.05, 4.69) is 14.7 Å². The summed E-state index contributed by atoms with van der Waals surface area (Å²) in [4.78, 5) is 21.7.